The normalized spacial score (nSPS) is 11.7. The molecule has 0 aromatic heterocycles. The van der Waals surface area contributed by atoms with Crippen LogP contribution in [-0.2, 0) is 23.6 Å². The van der Waals surface area contributed by atoms with Crippen LogP contribution in [-0.4, -0.2) is 37.5 Å². The summed E-state index contributed by atoms with van der Waals surface area (Å²) in [6.07, 6.45) is 2.42. The summed E-state index contributed by atoms with van der Waals surface area (Å²) < 4.78 is 16.0. The molecule has 0 aliphatic heterocycles. The van der Waals surface area contributed by atoms with Crippen LogP contribution in [0.15, 0.2) is 0 Å². The molecular formula is C16H30O6Sn. The molecule has 0 saturated carbocycles. The molecule has 0 atom stereocenters. The fourth-order valence-electron chi connectivity index (χ4n) is 1.74. The van der Waals surface area contributed by atoms with E-state index in [-0.39, 0.29) is 19.3 Å². The molecular weight excluding hydrogens is 407 g/mol. The van der Waals surface area contributed by atoms with E-state index >= 15 is 0 Å². The molecule has 0 aromatic rings. The van der Waals surface area contributed by atoms with Gasteiger partial charge in [-0.15, -0.1) is 0 Å². The Balaban J connectivity index is 5.57. The van der Waals surface area contributed by atoms with Crippen LogP contribution in [0.1, 0.15) is 80.1 Å². The van der Waals surface area contributed by atoms with Crippen LogP contribution in [0, 0.1) is 0 Å². The van der Waals surface area contributed by atoms with E-state index in [0.717, 1.165) is 0 Å². The average Bonchev–Trinajstić information content (AvgIpc) is 2.37. The molecule has 0 unspecified atom stereocenters. The molecule has 0 N–H and O–H groups in total. The van der Waals surface area contributed by atoms with Crippen molar-refractivity contribution >= 4 is 37.5 Å². The van der Waals surface area contributed by atoms with E-state index in [2.05, 4.69) is 0 Å². The van der Waals surface area contributed by atoms with Gasteiger partial charge in [0.15, 0.2) is 0 Å². The van der Waals surface area contributed by atoms with Crippen LogP contribution in [0.5, 0.6) is 0 Å². The molecule has 0 aromatic carbocycles. The van der Waals surface area contributed by atoms with Crippen molar-refractivity contribution in [2.45, 2.75) is 83.5 Å². The van der Waals surface area contributed by atoms with Gasteiger partial charge in [0.05, 0.1) is 0 Å². The predicted molar refractivity (Wildman–Crippen MR) is 88.5 cm³/mol. The maximum absolute atomic E-state index is 12.0. The molecule has 0 rings (SSSR count). The Kier molecular flexibility index (Phi) is 9.80. The van der Waals surface area contributed by atoms with Crippen molar-refractivity contribution in [1.82, 2.24) is 0 Å². The fourth-order valence-corrected chi connectivity index (χ4v) is 8.16. The molecule has 6 nitrogen and oxygen atoms in total. The van der Waals surface area contributed by atoms with Gasteiger partial charge in [-0.3, -0.25) is 0 Å². The third-order valence-electron chi connectivity index (χ3n) is 3.03. The summed E-state index contributed by atoms with van der Waals surface area (Å²) in [5.41, 5.74) is 0. The van der Waals surface area contributed by atoms with Gasteiger partial charge >= 0.3 is 145 Å². The Morgan fingerprint density at radius 1 is 0.696 bits per heavy atom. The van der Waals surface area contributed by atoms with Crippen LogP contribution < -0.4 is 0 Å². The summed E-state index contributed by atoms with van der Waals surface area (Å²) in [5.74, 6) is -1.44. The van der Waals surface area contributed by atoms with Gasteiger partial charge in [-0.05, 0) is 0 Å². The van der Waals surface area contributed by atoms with E-state index < -0.39 is 41.0 Å². The molecule has 7 heteroatoms. The molecule has 23 heavy (non-hydrogen) atoms. The predicted octanol–water partition coefficient (Wildman–Crippen LogP) is 3.76. The second-order valence-corrected chi connectivity index (χ2v) is 15.7. The van der Waals surface area contributed by atoms with Crippen LogP contribution in [0.25, 0.3) is 0 Å². The average molecular weight is 437 g/mol. The summed E-state index contributed by atoms with van der Waals surface area (Å²) in [4.78, 5) is 36.1. The number of hydrogen-bond donors (Lipinski definition) is 0. The quantitative estimate of drug-likeness (QED) is 0.512. The van der Waals surface area contributed by atoms with Gasteiger partial charge in [-0.1, -0.05) is 0 Å². The van der Waals surface area contributed by atoms with E-state index in [0.29, 0.717) is 19.3 Å². The third kappa shape index (κ3) is 7.54. The SMILES string of the molecule is CCCC(=O)[O][Sn]([O]C(=O)CCC)([O]C(=O)CCC)[C](C)(C)C. The number of hydrogen-bond acceptors (Lipinski definition) is 6. The summed E-state index contributed by atoms with van der Waals surface area (Å²) in [7, 11) is 0. The van der Waals surface area contributed by atoms with Gasteiger partial charge in [-0.2, -0.15) is 0 Å². The van der Waals surface area contributed by atoms with E-state index in [1.807, 2.05) is 20.8 Å². The van der Waals surface area contributed by atoms with Crippen molar-refractivity contribution in [1.29, 1.82) is 0 Å². The molecule has 0 saturated heterocycles. The Bertz CT molecular complexity index is 363. The second-order valence-electron chi connectivity index (χ2n) is 6.48. The van der Waals surface area contributed by atoms with Crippen LogP contribution in [0.3, 0.4) is 0 Å². The van der Waals surface area contributed by atoms with Gasteiger partial charge < -0.3 is 0 Å². The van der Waals surface area contributed by atoms with Gasteiger partial charge in [-0.25, -0.2) is 0 Å². The molecule has 0 fully saturated rings. The molecule has 0 aliphatic carbocycles. The maximum atomic E-state index is 12.0. The number of carbonyl (C=O) groups is 3. The number of rotatable bonds is 9. The molecule has 0 radical (unpaired) electrons. The van der Waals surface area contributed by atoms with Gasteiger partial charge in [0.1, 0.15) is 0 Å². The van der Waals surface area contributed by atoms with E-state index in [4.69, 9.17) is 9.22 Å². The zero-order valence-electron chi connectivity index (χ0n) is 15.2. The summed E-state index contributed by atoms with van der Waals surface area (Å²) in [5, 5.41) is 0. The Morgan fingerprint density at radius 3 is 1.13 bits per heavy atom. The zero-order chi connectivity index (χ0) is 18.1. The van der Waals surface area contributed by atoms with Crippen LogP contribution in [0.4, 0.5) is 0 Å². The molecule has 134 valence electrons. The zero-order valence-corrected chi connectivity index (χ0v) is 18.0. The first-order valence-corrected chi connectivity index (χ1v) is 13.2. The molecule has 0 aliphatic rings. The summed E-state index contributed by atoms with van der Waals surface area (Å²) in [6.45, 7) is 10.9. The third-order valence-corrected chi connectivity index (χ3v) is 12.5. The Morgan fingerprint density at radius 2 is 0.957 bits per heavy atom. The second kappa shape index (κ2) is 10.2. The molecule has 0 heterocycles. The monoisotopic (exact) mass is 438 g/mol. The van der Waals surface area contributed by atoms with Crippen molar-refractivity contribution in [2.75, 3.05) is 0 Å². The summed E-state index contributed by atoms with van der Waals surface area (Å²) in [6, 6.07) is 0. The molecule has 0 bridgehead atoms. The van der Waals surface area contributed by atoms with E-state index in [9.17, 15) is 14.4 Å². The first-order chi connectivity index (χ1) is 10.6. The van der Waals surface area contributed by atoms with Crippen molar-refractivity contribution in [3.05, 3.63) is 0 Å². The summed E-state index contributed by atoms with van der Waals surface area (Å²) >= 11 is -4.77. The topological polar surface area (TPSA) is 78.9 Å². The standard InChI is InChI=1S/3C4H8O2.C4H9.Sn/c3*1-2-3-4(5)6;1-4(2)3;/h3*2-3H2,1H3,(H,5,6);1-3H3;/q;;;;+3/p-3. The Hall–Kier alpha value is -0.791. The minimum atomic E-state index is -4.77. The minimum absolute atomic E-state index is 0.200. The van der Waals surface area contributed by atoms with E-state index in [1.165, 1.54) is 0 Å². The van der Waals surface area contributed by atoms with Crippen molar-refractivity contribution in [2.24, 2.45) is 0 Å². The Labute approximate surface area is 144 Å². The van der Waals surface area contributed by atoms with Gasteiger partial charge in [0.25, 0.3) is 0 Å². The van der Waals surface area contributed by atoms with Gasteiger partial charge in [0, 0.05) is 0 Å². The first kappa shape index (κ1) is 22.2. The van der Waals surface area contributed by atoms with E-state index in [1.54, 1.807) is 20.8 Å². The van der Waals surface area contributed by atoms with Crippen LogP contribution in [0.2, 0.25) is 3.43 Å². The van der Waals surface area contributed by atoms with Crippen molar-refractivity contribution < 1.29 is 23.6 Å². The van der Waals surface area contributed by atoms with Crippen LogP contribution >= 0.6 is 0 Å². The van der Waals surface area contributed by atoms with Crippen molar-refractivity contribution in [3.8, 4) is 0 Å². The first-order valence-electron chi connectivity index (χ1n) is 8.27. The number of carbonyl (C=O) groups excluding carboxylic acids is 3. The fraction of sp³-hybridized carbons (Fsp3) is 0.812. The van der Waals surface area contributed by atoms with Crippen molar-refractivity contribution in [3.63, 3.8) is 0 Å². The van der Waals surface area contributed by atoms with Gasteiger partial charge in [0.2, 0.25) is 0 Å². The molecule has 0 amide bonds. The molecule has 0 spiro atoms.